The molecular formula is C17H25N3O3. The molecule has 2 aromatic rings. The van der Waals surface area contributed by atoms with Crippen LogP contribution in [0.25, 0.3) is 5.69 Å². The molecule has 0 saturated carbocycles. The minimum absolute atomic E-state index is 0.273. The fourth-order valence-corrected chi connectivity index (χ4v) is 2.38. The summed E-state index contributed by atoms with van der Waals surface area (Å²) in [4.78, 5) is 0. The summed E-state index contributed by atoms with van der Waals surface area (Å²) in [6.45, 7) is 7.67. The first-order valence-electron chi connectivity index (χ1n) is 7.98. The summed E-state index contributed by atoms with van der Waals surface area (Å²) in [6, 6.07) is 7.67. The highest BCUT2D eigenvalue weighted by Gasteiger charge is 2.14. The predicted octanol–water partition coefficient (Wildman–Crippen LogP) is 2.79. The Morgan fingerprint density at radius 3 is 2.39 bits per heavy atom. The van der Waals surface area contributed by atoms with Crippen LogP contribution in [0.1, 0.15) is 26.3 Å². The molecule has 6 heteroatoms. The number of ether oxygens (including phenoxy) is 3. The Labute approximate surface area is 137 Å². The molecule has 126 valence electrons. The number of aromatic nitrogens is 2. The Hall–Kier alpha value is -2.05. The van der Waals surface area contributed by atoms with Crippen LogP contribution >= 0.6 is 0 Å². The second-order valence-corrected chi connectivity index (χ2v) is 4.94. The lowest BCUT2D eigenvalue weighted by Gasteiger charge is -2.19. The minimum atomic E-state index is -0.273. The average molecular weight is 319 g/mol. The maximum Gasteiger partial charge on any atom is 0.161 e. The summed E-state index contributed by atoms with van der Waals surface area (Å²) >= 11 is 0. The van der Waals surface area contributed by atoms with E-state index in [1.54, 1.807) is 16.9 Å². The Morgan fingerprint density at radius 2 is 1.83 bits per heavy atom. The summed E-state index contributed by atoms with van der Waals surface area (Å²) in [6.07, 6.45) is 2.03. The predicted molar refractivity (Wildman–Crippen MR) is 89.9 cm³/mol. The molecule has 0 unspecified atom stereocenters. The molecule has 0 saturated heterocycles. The smallest absolute Gasteiger partial charge is 0.161 e. The van der Waals surface area contributed by atoms with Gasteiger partial charge in [-0.25, -0.2) is 4.68 Å². The molecule has 0 fully saturated rings. The molecule has 1 aromatic carbocycles. The van der Waals surface area contributed by atoms with Gasteiger partial charge in [-0.1, -0.05) is 6.07 Å². The van der Waals surface area contributed by atoms with Gasteiger partial charge in [-0.05, 0) is 32.4 Å². The van der Waals surface area contributed by atoms with Gasteiger partial charge in [-0.3, -0.25) is 0 Å². The van der Waals surface area contributed by atoms with E-state index in [9.17, 15) is 0 Å². The normalized spacial score (nSPS) is 11.1. The van der Waals surface area contributed by atoms with Crippen molar-refractivity contribution in [1.29, 1.82) is 0 Å². The number of hydrogen-bond acceptors (Lipinski definition) is 5. The van der Waals surface area contributed by atoms with Gasteiger partial charge in [0.25, 0.3) is 0 Å². The highest BCUT2D eigenvalue weighted by molar-refractivity contribution is 5.48. The summed E-state index contributed by atoms with van der Waals surface area (Å²) in [5.74, 6) is 1.38. The molecule has 0 radical (unpaired) electrons. The van der Waals surface area contributed by atoms with E-state index in [4.69, 9.17) is 19.9 Å². The summed E-state index contributed by atoms with van der Waals surface area (Å²) in [5, 5.41) is 4.22. The van der Waals surface area contributed by atoms with Crippen molar-refractivity contribution >= 4 is 5.82 Å². The minimum Gasteiger partial charge on any atom is -0.494 e. The van der Waals surface area contributed by atoms with Gasteiger partial charge < -0.3 is 19.9 Å². The maximum absolute atomic E-state index is 5.91. The number of hydrogen-bond donors (Lipinski definition) is 1. The highest BCUT2D eigenvalue weighted by Crippen LogP contribution is 2.26. The largest absolute Gasteiger partial charge is 0.494 e. The lowest BCUT2D eigenvalue weighted by atomic mass is 10.1. The van der Waals surface area contributed by atoms with Gasteiger partial charge in [-0.2, -0.15) is 5.10 Å². The zero-order valence-electron chi connectivity index (χ0n) is 14.0. The van der Waals surface area contributed by atoms with E-state index in [-0.39, 0.29) is 6.29 Å². The average Bonchev–Trinajstić information content (AvgIpc) is 2.96. The van der Waals surface area contributed by atoms with Gasteiger partial charge in [-0.15, -0.1) is 0 Å². The van der Waals surface area contributed by atoms with E-state index in [1.807, 2.05) is 39.0 Å². The van der Waals surface area contributed by atoms with Crippen molar-refractivity contribution in [3.63, 3.8) is 0 Å². The van der Waals surface area contributed by atoms with Crippen LogP contribution in [-0.2, 0) is 15.9 Å². The molecular weight excluding hydrogens is 294 g/mol. The van der Waals surface area contributed by atoms with E-state index in [1.165, 1.54) is 0 Å². The van der Waals surface area contributed by atoms with Gasteiger partial charge >= 0.3 is 0 Å². The quantitative estimate of drug-likeness (QED) is 0.720. The van der Waals surface area contributed by atoms with Gasteiger partial charge in [0, 0.05) is 31.8 Å². The Kier molecular flexibility index (Phi) is 6.43. The second kappa shape index (κ2) is 8.55. The summed E-state index contributed by atoms with van der Waals surface area (Å²) < 4.78 is 18.7. The van der Waals surface area contributed by atoms with E-state index >= 15 is 0 Å². The zero-order chi connectivity index (χ0) is 16.7. The summed E-state index contributed by atoms with van der Waals surface area (Å²) in [5.41, 5.74) is 7.81. The Balaban J connectivity index is 2.27. The van der Waals surface area contributed by atoms with Gasteiger partial charge in [0.2, 0.25) is 0 Å². The van der Waals surface area contributed by atoms with Gasteiger partial charge in [0.05, 0.1) is 18.5 Å². The number of nitrogens with two attached hydrogens (primary N) is 1. The molecule has 2 N–H and O–H groups in total. The molecule has 0 atom stereocenters. The van der Waals surface area contributed by atoms with Gasteiger partial charge in [0.1, 0.15) is 11.6 Å². The van der Waals surface area contributed by atoms with E-state index in [0.29, 0.717) is 32.1 Å². The molecule has 0 bridgehead atoms. The number of rotatable bonds is 9. The first-order valence-corrected chi connectivity index (χ1v) is 7.98. The third-order valence-corrected chi connectivity index (χ3v) is 3.36. The Bertz CT molecular complexity index is 607. The van der Waals surface area contributed by atoms with Crippen molar-refractivity contribution in [2.45, 2.75) is 33.5 Å². The van der Waals surface area contributed by atoms with Crippen molar-refractivity contribution < 1.29 is 14.2 Å². The van der Waals surface area contributed by atoms with E-state index in [0.717, 1.165) is 17.0 Å². The van der Waals surface area contributed by atoms with Crippen LogP contribution in [0.4, 0.5) is 5.82 Å². The molecule has 0 spiro atoms. The lowest BCUT2D eigenvalue weighted by Crippen LogP contribution is -2.20. The van der Waals surface area contributed by atoms with Crippen molar-refractivity contribution in [2.24, 2.45) is 0 Å². The van der Waals surface area contributed by atoms with Crippen molar-refractivity contribution in [3.05, 3.63) is 36.0 Å². The van der Waals surface area contributed by atoms with Crippen LogP contribution < -0.4 is 10.5 Å². The van der Waals surface area contributed by atoms with E-state index in [2.05, 4.69) is 5.10 Å². The zero-order valence-corrected chi connectivity index (χ0v) is 14.0. The van der Waals surface area contributed by atoms with Crippen LogP contribution in [0.5, 0.6) is 5.75 Å². The van der Waals surface area contributed by atoms with Gasteiger partial charge in [0.15, 0.2) is 6.29 Å². The van der Waals surface area contributed by atoms with Crippen molar-refractivity contribution in [1.82, 2.24) is 9.78 Å². The topological polar surface area (TPSA) is 71.5 Å². The molecule has 0 aliphatic rings. The second-order valence-electron chi connectivity index (χ2n) is 4.94. The van der Waals surface area contributed by atoms with E-state index < -0.39 is 0 Å². The van der Waals surface area contributed by atoms with Crippen LogP contribution in [0, 0.1) is 0 Å². The maximum atomic E-state index is 5.91. The van der Waals surface area contributed by atoms with Crippen LogP contribution in [0.3, 0.4) is 0 Å². The summed E-state index contributed by atoms with van der Waals surface area (Å²) in [7, 11) is 0. The van der Waals surface area contributed by atoms with Crippen LogP contribution in [-0.4, -0.2) is 35.9 Å². The number of benzene rings is 1. The SMILES string of the molecule is CCOc1cc(-n2nccc2N)ccc1CC(OCC)OCC. The number of anilines is 1. The standard InChI is InChI=1S/C17H25N3O3/c1-4-21-15-12-14(20-16(18)9-10-19-20)8-7-13(15)11-17(22-5-2)23-6-3/h7-10,12,17H,4-6,11,18H2,1-3H3. The van der Waals surface area contributed by atoms with Crippen LogP contribution in [0.2, 0.25) is 0 Å². The van der Waals surface area contributed by atoms with Crippen molar-refractivity contribution in [3.8, 4) is 11.4 Å². The fraction of sp³-hybridized carbons (Fsp3) is 0.471. The molecule has 0 aliphatic heterocycles. The van der Waals surface area contributed by atoms with Crippen molar-refractivity contribution in [2.75, 3.05) is 25.6 Å². The first kappa shape index (κ1) is 17.3. The molecule has 6 nitrogen and oxygen atoms in total. The Morgan fingerprint density at radius 1 is 1.09 bits per heavy atom. The molecule has 0 amide bonds. The van der Waals surface area contributed by atoms with Crippen LogP contribution in [0.15, 0.2) is 30.5 Å². The lowest BCUT2D eigenvalue weighted by molar-refractivity contribution is -0.134. The third kappa shape index (κ3) is 4.46. The molecule has 1 heterocycles. The molecule has 0 aliphatic carbocycles. The highest BCUT2D eigenvalue weighted by atomic mass is 16.7. The molecule has 2 rings (SSSR count). The monoisotopic (exact) mass is 319 g/mol. The number of nitrogen functional groups attached to an aromatic ring is 1. The molecule has 1 aromatic heterocycles. The number of nitrogens with zero attached hydrogens (tertiary/aromatic N) is 2. The first-order chi connectivity index (χ1) is 11.2. The third-order valence-electron chi connectivity index (χ3n) is 3.36. The molecule has 23 heavy (non-hydrogen) atoms. The fourth-order valence-electron chi connectivity index (χ4n) is 2.38.